The monoisotopic (exact) mass is 384 g/mol. The molecule has 3 aromatic rings. The summed E-state index contributed by atoms with van der Waals surface area (Å²) < 4.78 is 18.6. The van der Waals surface area contributed by atoms with Gasteiger partial charge in [0.15, 0.2) is 0 Å². The summed E-state index contributed by atoms with van der Waals surface area (Å²) in [7, 11) is 1.78. The Morgan fingerprint density at radius 3 is 3.00 bits per heavy atom. The molecule has 1 aromatic carbocycles. The number of hydrogen-bond acceptors (Lipinski definition) is 7. The highest BCUT2D eigenvalue weighted by Gasteiger charge is 2.06. The lowest BCUT2D eigenvalue weighted by molar-refractivity contribution is 0.0842. The van der Waals surface area contributed by atoms with Crippen LogP contribution in [-0.4, -0.2) is 46.5 Å². The number of nitrogens with zero attached hydrogens (tertiary/aromatic N) is 3. The van der Waals surface area contributed by atoms with Crippen molar-refractivity contribution in [1.29, 1.82) is 0 Å². The van der Waals surface area contributed by atoms with Gasteiger partial charge in [0.05, 0.1) is 22.6 Å². The van der Waals surface area contributed by atoms with Gasteiger partial charge in [0.25, 0.3) is 0 Å². The number of thiazole rings is 1. The Labute approximate surface area is 159 Å². The van der Waals surface area contributed by atoms with Crippen molar-refractivity contribution in [1.82, 2.24) is 15.0 Å². The Morgan fingerprint density at radius 2 is 2.26 bits per heavy atom. The molecule has 3 rings (SSSR count). The molecule has 8 heteroatoms. The van der Waals surface area contributed by atoms with Crippen LogP contribution in [0.4, 0.5) is 10.2 Å². The number of anilines is 1. The molecule has 0 bridgehead atoms. The summed E-state index contributed by atoms with van der Waals surface area (Å²) in [5, 5.41) is 12.9. The average Bonchev–Trinajstić information content (AvgIpc) is 3.11. The molecule has 0 aliphatic heterocycles. The summed E-state index contributed by atoms with van der Waals surface area (Å²) in [6, 6.07) is 5.39. The largest absolute Gasteiger partial charge is 0.491 e. The zero-order chi connectivity index (χ0) is 19.1. The van der Waals surface area contributed by atoms with Crippen LogP contribution < -0.4 is 10.1 Å². The van der Waals surface area contributed by atoms with Crippen LogP contribution in [-0.2, 0) is 0 Å². The van der Waals surface area contributed by atoms with Crippen molar-refractivity contribution in [3.63, 3.8) is 0 Å². The van der Waals surface area contributed by atoms with E-state index in [-0.39, 0.29) is 6.61 Å². The summed E-state index contributed by atoms with van der Waals surface area (Å²) in [4.78, 5) is 12.8. The predicted octanol–water partition coefficient (Wildman–Crippen LogP) is 2.90. The third-order valence-electron chi connectivity index (χ3n) is 3.41. The molecule has 6 nitrogen and oxygen atoms in total. The highest BCUT2D eigenvalue weighted by Crippen LogP contribution is 2.27. The topological polar surface area (TPSA) is 80.2 Å². The highest BCUT2D eigenvalue weighted by atomic mass is 32.1. The van der Waals surface area contributed by atoms with E-state index in [1.807, 2.05) is 18.2 Å². The number of aliphatic hydroxyl groups is 1. The van der Waals surface area contributed by atoms with E-state index in [2.05, 4.69) is 32.1 Å². The second kappa shape index (κ2) is 9.07. The molecule has 0 aliphatic rings. The molecule has 0 saturated carbocycles. The van der Waals surface area contributed by atoms with E-state index in [9.17, 15) is 9.50 Å². The number of alkyl halides is 1. The maximum Gasteiger partial charge on any atom is 0.144 e. The number of aliphatic hydroxyl groups excluding tert-OH is 1. The van der Waals surface area contributed by atoms with Gasteiger partial charge < -0.3 is 15.2 Å². The van der Waals surface area contributed by atoms with Crippen LogP contribution in [0.2, 0.25) is 0 Å². The molecule has 0 amide bonds. The lowest BCUT2D eigenvalue weighted by Crippen LogP contribution is -2.19. The summed E-state index contributed by atoms with van der Waals surface area (Å²) >= 11 is 1.48. The number of aromatic nitrogens is 3. The van der Waals surface area contributed by atoms with Crippen molar-refractivity contribution in [2.45, 2.75) is 6.10 Å². The third kappa shape index (κ3) is 5.23. The van der Waals surface area contributed by atoms with Crippen LogP contribution in [0.5, 0.6) is 5.75 Å². The Kier molecular flexibility index (Phi) is 6.30. The molecule has 0 fully saturated rings. The first-order chi connectivity index (χ1) is 13.2. The minimum atomic E-state index is -1.11. The molecule has 0 radical (unpaired) electrons. The van der Waals surface area contributed by atoms with Crippen molar-refractivity contribution in [3.8, 4) is 17.6 Å². The molecular weight excluding hydrogens is 367 g/mol. The third-order valence-corrected chi connectivity index (χ3v) is 4.40. The summed E-state index contributed by atoms with van der Waals surface area (Å²) in [6.45, 7) is -0.911. The van der Waals surface area contributed by atoms with Gasteiger partial charge in [0.1, 0.15) is 41.7 Å². The summed E-state index contributed by atoms with van der Waals surface area (Å²) in [5.74, 6) is 7.07. The van der Waals surface area contributed by atoms with Crippen LogP contribution in [0.25, 0.3) is 16.3 Å². The fraction of sp³-hybridized carbons (Fsp3) is 0.211. The van der Waals surface area contributed by atoms with E-state index >= 15 is 0 Å². The molecule has 2 heterocycles. The van der Waals surface area contributed by atoms with E-state index in [0.29, 0.717) is 17.3 Å². The van der Waals surface area contributed by atoms with Crippen molar-refractivity contribution < 1.29 is 14.2 Å². The average molecular weight is 384 g/mol. The second-order valence-corrected chi connectivity index (χ2v) is 6.50. The van der Waals surface area contributed by atoms with Crippen molar-refractivity contribution in [2.24, 2.45) is 0 Å². The standard InChI is InChI=1S/C19H17FN4O2S/c1-21-18-11-22-13(10-23-18)4-2-3-5-19-24-16-7-6-15(8-17(16)27-19)26-12-14(25)9-20/h3,5-8,10-11,14,25H,9,12H2,1H3,(H,21,23). The Morgan fingerprint density at radius 1 is 1.37 bits per heavy atom. The predicted molar refractivity (Wildman–Crippen MR) is 105 cm³/mol. The molecular formula is C19H17FN4O2S. The van der Waals surface area contributed by atoms with Gasteiger partial charge in [0.2, 0.25) is 0 Å². The molecule has 27 heavy (non-hydrogen) atoms. The van der Waals surface area contributed by atoms with Gasteiger partial charge in [-0.1, -0.05) is 5.92 Å². The molecule has 2 N–H and O–H groups in total. The van der Waals surface area contributed by atoms with E-state index < -0.39 is 12.8 Å². The minimum Gasteiger partial charge on any atom is -0.491 e. The number of hydrogen-bond donors (Lipinski definition) is 2. The molecule has 138 valence electrons. The van der Waals surface area contributed by atoms with E-state index in [0.717, 1.165) is 15.2 Å². The number of halogens is 1. The number of ether oxygens (including phenoxy) is 1. The number of allylic oxidation sites excluding steroid dienone is 1. The Hall–Kier alpha value is -3.02. The smallest absolute Gasteiger partial charge is 0.144 e. The van der Waals surface area contributed by atoms with Gasteiger partial charge in [0, 0.05) is 7.05 Å². The molecule has 0 saturated heterocycles. The van der Waals surface area contributed by atoms with Gasteiger partial charge in [-0.3, -0.25) is 0 Å². The number of rotatable bonds is 6. The van der Waals surface area contributed by atoms with Crippen LogP contribution >= 0.6 is 11.3 Å². The van der Waals surface area contributed by atoms with Crippen molar-refractivity contribution in [3.05, 3.63) is 47.4 Å². The molecule has 2 aromatic heterocycles. The van der Waals surface area contributed by atoms with Gasteiger partial charge in [-0.25, -0.2) is 19.3 Å². The first-order valence-corrected chi connectivity index (χ1v) is 8.95. The normalized spacial score (nSPS) is 12.0. The van der Waals surface area contributed by atoms with Gasteiger partial charge in [-0.05, 0) is 36.3 Å². The van der Waals surface area contributed by atoms with Gasteiger partial charge >= 0.3 is 0 Å². The SMILES string of the molecule is CNc1cnc(C#CC=Cc2nc3ccc(OCC(O)CF)cc3s2)cn1. The first kappa shape index (κ1) is 18.8. The molecule has 1 unspecified atom stereocenters. The van der Waals surface area contributed by atoms with Crippen LogP contribution in [0, 0.1) is 11.8 Å². The fourth-order valence-electron chi connectivity index (χ4n) is 2.07. The maximum absolute atomic E-state index is 12.3. The summed E-state index contributed by atoms with van der Waals surface area (Å²) in [5.41, 5.74) is 1.42. The van der Waals surface area contributed by atoms with Crippen LogP contribution in [0.15, 0.2) is 36.7 Å². The Balaban J connectivity index is 1.66. The number of benzene rings is 1. The second-order valence-electron chi connectivity index (χ2n) is 5.44. The lowest BCUT2D eigenvalue weighted by Gasteiger charge is -2.08. The van der Waals surface area contributed by atoms with E-state index in [4.69, 9.17) is 4.74 Å². The fourth-order valence-corrected chi connectivity index (χ4v) is 2.97. The van der Waals surface area contributed by atoms with Crippen LogP contribution in [0.1, 0.15) is 10.7 Å². The lowest BCUT2D eigenvalue weighted by atomic mass is 10.3. The molecule has 0 aliphatic carbocycles. The Bertz CT molecular complexity index is 992. The van der Waals surface area contributed by atoms with E-state index in [1.54, 1.807) is 31.6 Å². The van der Waals surface area contributed by atoms with Crippen molar-refractivity contribution >= 4 is 33.4 Å². The van der Waals surface area contributed by atoms with Crippen molar-refractivity contribution in [2.75, 3.05) is 25.6 Å². The summed E-state index contributed by atoms with van der Waals surface area (Å²) in [6.07, 6.45) is 5.64. The molecule has 0 spiro atoms. The minimum absolute atomic E-state index is 0.0820. The van der Waals surface area contributed by atoms with E-state index in [1.165, 1.54) is 11.3 Å². The zero-order valence-corrected chi connectivity index (χ0v) is 15.3. The number of fused-ring (bicyclic) bond motifs is 1. The maximum atomic E-state index is 12.3. The zero-order valence-electron chi connectivity index (χ0n) is 14.5. The first-order valence-electron chi connectivity index (χ1n) is 8.13. The van der Waals surface area contributed by atoms with Gasteiger partial charge in [-0.2, -0.15) is 0 Å². The van der Waals surface area contributed by atoms with Crippen LogP contribution in [0.3, 0.4) is 0 Å². The van der Waals surface area contributed by atoms with Gasteiger partial charge in [-0.15, -0.1) is 11.3 Å². The highest BCUT2D eigenvalue weighted by molar-refractivity contribution is 7.19. The number of nitrogens with one attached hydrogen (secondary N) is 1. The quantitative estimate of drug-likeness (QED) is 0.636. The molecule has 1 atom stereocenters.